The van der Waals surface area contributed by atoms with Crippen LogP contribution in [-0.4, -0.2) is 14.3 Å². The molecule has 0 N–H and O–H groups in total. The molecule has 0 bridgehead atoms. The van der Waals surface area contributed by atoms with Crippen LogP contribution in [-0.2, 0) is 0 Å². The summed E-state index contributed by atoms with van der Waals surface area (Å²) in [4.78, 5) is 14.4. The summed E-state index contributed by atoms with van der Waals surface area (Å²) in [6.07, 6.45) is 3.20. The van der Waals surface area contributed by atoms with E-state index in [0.29, 0.717) is 5.56 Å². The second-order valence-corrected chi connectivity index (χ2v) is 3.23. The van der Waals surface area contributed by atoms with E-state index in [9.17, 15) is 10.1 Å². The monoisotopic (exact) mass is 221 g/mol. The Balaban J connectivity index is 0.000000606. The third-order valence-electron chi connectivity index (χ3n) is 2.21. The molecule has 86 valence electrons. The van der Waals surface area contributed by atoms with Crippen molar-refractivity contribution in [2.75, 3.05) is 0 Å². The average Bonchev–Trinajstić information content (AvgIpc) is 2.61. The van der Waals surface area contributed by atoms with Crippen molar-refractivity contribution < 1.29 is 4.92 Å². The lowest BCUT2D eigenvalue weighted by Gasteiger charge is -1.99. The maximum atomic E-state index is 10.7. The first-order valence-corrected chi connectivity index (χ1v) is 5.18. The van der Waals surface area contributed by atoms with E-state index in [4.69, 9.17) is 0 Å². The Morgan fingerprint density at radius 1 is 1.38 bits per heavy atom. The first kappa shape index (κ1) is 12.2. The second-order valence-electron chi connectivity index (χ2n) is 3.23. The predicted octanol–water partition coefficient (Wildman–Crippen LogP) is 2.89. The Bertz CT molecular complexity index is 517. The van der Waals surface area contributed by atoms with Crippen LogP contribution in [0.1, 0.15) is 25.1 Å². The van der Waals surface area contributed by atoms with Crippen LogP contribution < -0.4 is 0 Å². The minimum atomic E-state index is -0.381. The highest BCUT2D eigenvalue weighted by molar-refractivity contribution is 5.51. The largest absolute Gasteiger partial charge is 0.297 e. The van der Waals surface area contributed by atoms with Gasteiger partial charge < -0.3 is 0 Å². The minimum Gasteiger partial charge on any atom is -0.297 e. The summed E-state index contributed by atoms with van der Waals surface area (Å²) in [7, 11) is 0. The Labute approximate surface area is 93.9 Å². The Morgan fingerprint density at radius 2 is 2.00 bits per heavy atom. The number of nitrogens with zero attached hydrogens (tertiary/aromatic N) is 3. The van der Waals surface area contributed by atoms with E-state index in [2.05, 4.69) is 4.98 Å². The Kier molecular flexibility index (Phi) is 3.60. The lowest BCUT2D eigenvalue weighted by Crippen LogP contribution is -1.96. The topological polar surface area (TPSA) is 60.4 Å². The van der Waals surface area contributed by atoms with Crippen LogP contribution in [0.4, 0.5) is 5.69 Å². The van der Waals surface area contributed by atoms with E-state index < -0.39 is 0 Å². The third kappa shape index (κ3) is 2.03. The zero-order valence-corrected chi connectivity index (χ0v) is 9.89. The lowest BCUT2D eigenvalue weighted by molar-refractivity contribution is -0.385. The van der Waals surface area contributed by atoms with Crippen molar-refractivity contribution in [3.05, 3.63) is 39.8 Å². The summed E-state index contributed by atoms with van der Waals surface area (Å²) >= 11 is 0. The highest BCUT2D eigenvalue weighted by atomic mass is 16.6. The molecule has 2 rings (SSSR count). The van der Waals surface area contributed by atoms with Crippen molar-refractivity contribution >= 4 is 11.3 Å². The second kappa shape index (κ2) is 4.74. The number of fused-ring (bicyclic) bond motifs is 1. The molecule has 0 saturated heterocycles. The quantitative estimate of drug-likeness (QED) is 0.549. The lowest BCUT2D eigenvalue weighted by atomic mass is 10.2. The van der Waals surface area contributed by atoms with Crippen LogP contribution in [0.15, 0.2) is 18.5 Å². The summed E-state index contributed by atoms with van der Waals surface area (Å²) in [5.74, 6) is 0. The number of aromatic nitrogens is 2. The van der Waals surface area contributed by atoms with Gasteiger partial charge in [0.15, 0.2) is 0 Å². The third-order valence-corrected chi connectivity index (χ3v) is 2.21. The van der Waals surface area contributed by atoms with E-state index >= 15 is 0 Å². The molecule has 0 spiro atoms. The standard InChI is InChI=1S/C9H9N3O2.C2H6/c1-6-3-9-10-4-7(2)11(9)5-8(6)12(13)14;1-2/h3-5H,1-2H3;1-2H3. The molecule has 0 aliphatic rings. The highest BCUT2D eigenvalue weighted by Gasteiger charge is 2.12. The zero-order chi connectivity index (χ0) is 12.3. The molecule has 0 amide bonds. The molecule has 5 heteroatoms. The zero-order valence-electron chi connectivity index (χ0n) is 9.89. The Hall–Kier alpha value is -1.91. The van der Waals surface area contributed by atoms with Gasteiger partial charge in [-0.25, -0.2) is 4.98 Å². The van der Waals surface area contributed by atoms with Gasteiger partial charge in [-0.05, 0) is 19.9 Å². The number of pyridine rings is 1. The summed E-state index contributed by atoms with van der Waals surface area (Å²) in [6.45, 7) is 7.57. The molecule has 0 aliphatic heterocycles. The summed E-state index contributed by atoms with van der Waals surface area (Å²) in [5, 5.41) is 10.7. The number of nitro groups is 1. The average molecular weight is 221 g/mol. The maximum absolute atomic E-state index is 10.7. The van der Waals surface area contributed by atoms with Crippen molar-refractivity contribution in [3.8, 4) is 0 Å². The first-order valence-electron chi connectivity index (χ1n) is 5.18. The number of imidazole rings is 1. The van der Waals surface area contributed by atoms with Gasteiger partial charge in [-0.15, -0.1) is 0 Å². The van der Waals surface area contributed by atoms with Gasteiger partial charge in [0.2, 0.25) is 0 Å². The molecule has 0 aliphatic carbocycles. The van der Waals surface area contributed by atoms with Gasteiger partial charge in [0, 0.05) is 17.5 Å². The van der Waals surface area contributed by atoms with Crippen molar-refractivity contribution in [3.63, 3.8) is 0 Å². The maximum Gasteiger partial charge on any atom is 0.288 e. The molecule has 5 nitrogen and oxygen atoms in total. The summed E-state index contributed by atoms with van der Waals surface area (Å²) in [6, 6.07) is 1.71. The minimum absolute atomic E-state index is 0.124. The number of aryl methyl sites for hydroxylation is 2. The van der Waals surface area contributed by atoms with Gasteiger partial charge in [-0.3, -0.25) is 14.5 Å². The molecule has 0 aromatic carbocycles. The molecule has 2 aromatic rings. The van der Waals surface area contributed by atoms with Crippen LogP contribution in [0.2, 0.25) is 0 Å². The number of hydrogen-bond donors (Lipinski definition) is 0. The normalized spacial score (nSPS) is 9.75. The molecular formula is C11H15N3O2. The molecule has 0 fully saturated rings. The Morgan fingerprint density at radius 3 is 2.56 bits per heavy atom. The molecule has 2 heterocycles. The highest BCUT2D eigenvalue weighted by Crippen LogP contribution is 2.19. The van der Waals surface area contributed by atoms with Crippen LogP contribution in [0.3, 0.4) is 0 Å². The van der Waals surface area contributed by atoms with Crippen LogP contribution in [0.5, 0.6) is 0 Å². The fourth-order valence-electron chi connectivity index (χ4n) is 1.42. The van der Waals surface area contributed by atoms with Crippen molar-refractivity contribution in [2.24, 2.45) is 0 Å². The van der Waals surface area contributed by atoms with Gasteiger partial charge in [-0.2, -0.15) is 0 Å². The SMILES string of the molecule is CC.Cc1cc2ncc(C)n2cc1[N+](=O)[O-]. The summed E-state index contributed by atoms with van der Waals surface area (Å²) < 4.78 is 1.71. The van der Waals surface area contributed by atoms with Crippen molar-refractivity contribution in [2.45, 2.75) is 27.7 Å². The fraction of sp³-hybridized carbons (Fsp3) is 0.364. The van der Waals surface area contributed by atoms with Crippen LogP contribution in [0.25, 0.3) is 5.65 Å². The summed E-state index contributed by atoms with van der Waals surface area (Å²) in [5.41, 5.74) is 2.39. The van der Waals surface area contributed by atoms with Gasteiger partial charge >= 0.3 is 0 Å². The van der Waals surface area contributed by atoms with E-state index in [1.54, 1.807) is 23.6 Å². The number of rotatable bonds is 1. The molecule has 0 atom stereocenters. The predicted molar refractivity (Wildman–Crippen MR) is 62.7 cm³/mol. The van der Waals surface area contributed by atoms with E-state index in [1.165, 1.54) is 6.20 Å². The van der Waals surface area contributed by atoms with Gasteiger partial charge in [-0.1, -0.05) is 13.8 Å². The molecule has 2 aromatic heterocycles. The molecule has 0 saturated carbocycles. The van der Waals surface area contributed by atoms with Crippen molar-refractivity contribution in [1.29, 1.82) is 0 Å². The van der Waals surface area contributed by atoms with Crippen LogP contribution >= 0.6 is 0 Å². The smallest absolute Gasteiger partial charge is 0.288 e. The molecule has 16 heavy (non-hydrogen) atoms. The fourth-order valence-corrected chi connectivity index (χ4v) is 1.42. The van der Waals surface area contributed by atoms with E-state index in [1.807, 2.05) is 20.8 Å². The first-order chi connectivity index (χ1) is 7.59. The van der Waals surface area contributed by atoms with Gasteiger partial charge in [0.25, 0.3) is 5.69 Å². The van der Waals surface area contributed by atoms with E-state index in [0.717, 1.165) is 11.3 Å². The molecular weight excluding hydrogens is 206 g/mol. The molecule has 0 unspecified atom stereocenters. The van der Waals surface area contributed by atoms with E-state index in [-0.39, 0.29) is 10.6 Å². The van der Waals surface area contributed by atoms with Gasteiger partial charge in [0.1, 0.15) is 5.65 Å². The van der Waals surface area contributed by atoms with Gasteiger partial charge in [0.05, 0.1) is 11.1 Å². The molecule has 0 radical (unpaired) electrons. The number of hydrogen-bond acceptors (Lipinski definition) is 3. The van der Waals surface area contributed by atoms with Crippen molar-refractivity contribution in [1.82, 2.24) is 9.38 Å². The van der Waals surface area contributed by atoms with Crippen LogP contribution in [0, 0.1) is 24.0 Å².